The van der Waals surface area contributed by atoms with E-state index in [4.69, 9.17) is 14.2 Å². The van der Waals surface area contributed by atoms with Gasteiger partial charge in [0.2, 0.25) is 0 Å². The van der Waals surface area contributed by atoms with Crippen molar-refractivity contribution in [2.75, 3.05) is 27.4 Å². The number of hydrogen-bond donors (Lipinski definition) is 0. The number of nitrogens with zero attached hydrogens (tertiary/aromatic N) is 2. The minimum absolute atomic E-state index is 0.0582. The molecule has 0 radical (unpaired) electrons. The molecule has 36 heavy (non-hydrogen) atoms. The van der Waals surface area contributed by atoms with Crippen LogP contribution in [0.3, 0.4) is 0 Å². The summed E-state index contributed by atoms with van der Waals surface area (Å²) in [6, 6.07) is 17.1. The summed E-state index contributed by atoms with van der Waals surface area (Å²) in [6.45, 7) is 4.98. The van der Waals surface area contributed by atoms with Crippen molar-refractivity contribution < 1.29 is 23.9 Å². The Morgan fingerprint density at radius 3 is 2.25 bits per heavy atom. The van der Waals surface area contributed by atoms with Gasteiger partial charge >= 0.3 is 0 Å². The number of benzene rings is 3. The fourth-order valence-electron chi connectivity index (χ4n) is 4.47. The first-order valence-electron chi connectivity index (χ1n) is 11.8. The number of nitro groups is 1. The normalized spacial score (nSPS) is 14.8. The van der Waals surface area contributed by atoms with Crippen molar-refractivity contribution in [1.29, 1.82) is 0 Å². The van der Waals surface area contributed by atoms with E-state index < -0.39 is 4.92 Å². The maximum Gasteiger partial charge on any atom is 0.269 e. The van der Waals surface area contributed by atoms with Crippen LogP contribution in [0.2, 0.25) is 0 Å². The quantitative estimate of drug-likeness (QED) is 0.304. The van der Waals surface area contributed by atoms with Crippen molar-refractivity contribution in [3.05, 3.63) is 93.0 Å². The second-order valence-corrected chi connectivity index (χ2v) is 9.01. The Labute approximate surface area is 210 Å². The Morgan fingerprint density at radius 2 is 1.67 bits per heavy atom. The van der Waals surface area contributed by atoms with Crippen LogP contribution in [0.25, 0.3) is 0 Å². The van der Waals surface area contributed by atoms with Crippen molar-refractivity contribution in [3.8, 4) is 17.2 Å². The van der Waals surface area contributed by atoms with E-state index in [2.05, 4.69) is 13.8 Å². The Kier molecular flexibility index (Phi) is 7.43. The monoisotopic (exact) mass is 490 g/mol. The van der Waals surface area contributed by atoms with E-state index >= 15 is 0 Å². The lowest BCUT2D eigenvalue weighted by Gasteiger charge is -2.37. The molecule has 1 aliphatic heterocycles. The fourth-order valence-corrected chi connectivity index (χ4v) is 4.47. The molecule has 1 heterocycles. The summed E-state index contributed by atoms with van der Waals surface area (Å²) in [5.41, 5.74) is 3.53. The van der Waals surface area contributed by atoms with Crippen molar-refractivity contribution in [3.63, 3.8) is 0 Å². The molecule has 0 saturated heterocycles. The van der Waals surface area contributed by atoms with Gasteiger partial charge < -0.3 is 19.1 Å². The highest BCUT2D eigenvalue weighted by molar-refractivity contribution is 5.95. The number of rotatable bonds is 8. The zero-order valence-corrected chi connectivity index (χ0v) is 20.9. The van der Waals surface area contributed by atoms with E-state index in [1.807, 2.05) is 36.4 Å². The van der Waals surface area contributed by atoms with Gasteiger partial charge in [-0.15, -0.1) is 0 Å². The molecule has 188 valence electrons. The third-order valence-corrected chi connectivity index (χ3v) is 6.54. The number of non-ortho nitro benzene ring substituents is 1. The molecule has 1 amide bonds. The molecule has 0 aromatic heterocycles. The molecule has 3 aromatic rings. The number of nitro benzene ring substituents is 1. The van der Waals surface area contributed by atoms with Crippen molar-refractivity contribution in [2.24, 2.45) is 0 Å². The highest BCUT2D eigenvalue weighted by atomic mass is 16.6. The second-order valence-electron chi connectivity index (χ2n) is 9.01. The highest BCUT2D eigenvalue weighted by Crippen LogP contribution is 2.39. The van der Waals surface area contributed by atoms with Crippen molar-refractivity contribution in [1.82, 2.24) is 4.90 Å². The maximum atomic E-state index is 13.6. The van der Waals surface area contributed by atoms with E-state index in [0.717, 1.165) is 16.9 Å². The summed E-state index contributed by atoms with van der Waals surface area (Å²) in [4.78, 5) is 25.9. The number of amides is 1. The average molecular weight is 491 g/mol. The van der Waals surface area contributed by atoms with E-state index in [-0.39, 0.29) is 24.2 Å². The molecule has 4 rings (SSSR count). The van der Waals surface area contributed by atoms with Gasteiger partial charge in [-0.2, -0.15) is 0 Å². The molecule has 3 aromatic carbocycles. The third-order valence-electron chi connectivity index (χ3n) is 6.54. The number of ether oxygens (including phenoxy) is 3. The molecule has 1 atom stereocenters. The molecule has 0 spiro atoms. The summed E-state index contributed by atoms with van der Waals surface area (Å²) in [7, 11) is 3.17. The summed E-state index contributed by atoms with van der Waals surface area (Å²) in [5.74, 6) is 2.13. The molecule has 0 N–H and O–H groups in total. The lowest BCUT2D eigenvalue weighted by atomic mass is 9.91. The molecule has 8 heteroatoms. The lowest BCUT2D eigenvalue weighted by Crippen LogP contribution is -2.42. The van der Waals surface area contributed by atoms with Crippen LogP contribution in [0.15, 0.2) is 60.7 Å². The Hall–Kier alpha value is -4.07. The van der Waals surface area contributed by atoms with Crippen LogP contribution < -0.4 is 14.2 Å². The maximum absolute atomic E-state index is 13.6. The summed E-state index contributed by atoms with van der Waals surface area (Å²) >= 11 is 0. The van der Waals surface area contributed by atoms with Gasteiger partial charge in [0.25, 0.3) is 11.6 Å². The summed E-state index contributed by atoms with van der Waals surface area (Å²) in [5, 5.41) is 11.0. The van der Waals surface area contributed by atoms with Gasteiger partial charge in [-0.05, 0) is 65.4 Å². The third kappa shape index (κ3) is 5.12. The molecule has 1 unspecified atom stereocenters. The van der Waals surface area contributed by atoms with E-state index in [1.165, 1.54) is 29.8 Å². The van der Waals surface area contributed by atoms with Crippen LogP contribution in [-0.4, -0.2) is 43.1 Å². The minimum atomic E-state index is -0.480. The Bertz CT molecular complexity index is 1240. The van der Waals surface area contributed by atoms with Gasteiger partial charge in [-0.3, -0.25) is 14.9 Å². The number of carbonyl (C=O) groups excluding carboxylic acids is 1. The van der Waals surface area contributed by atoms with Gasteiger partial charge in [0.05, 0.1) is 25.2 Å². The lowest BCUT2D eigenvalue weighted by molar-refractivity contribution is -0.384. The standard InChI is InChI=1S/C28H30N2O6/c1-18(2)19-7-11-23(12-8-19)36-17-25-24-16-27(35-4)26(34-3)15-21(24)13-14-29(25)28(31)20-5-9-22(10-6-20)30(32)33/h5-12,15-16,18,25H,13-14,17H2,1-4H3. The largest absolute Gasteiger partial charge is 0.493 e. The van der Waals surface area contributed by atoms with Gasteiger partial charge in [-0.25, -0.2) is 0 Å². The van der Waals surface area contributed by atoms with E-state index in [9.17, 15) is 14.9 Å². The predicted octanol–water partition coefficient (Wildman–Crippen LogP) is 5.55. The first-order valence-corrected chi connectivity index (χ1v) is 11.8. The van der Waals surface area contributed by atoms with Gasteiger partial charge in [0.1, 0.15) is 12.4 Å². The zero-order valence-electron chi connectivity index (χ0n) is 20.9. The van der Waals surface area contributed by atoms with E-state index in [1.54, 1.807) is 19.1 Å². The zero-order chi connectivity index (χ0) is 25.8. The second kappa shape index (κ2) is 10.7. The van der Waals surface area contributed by atoms with Crippen LogP contribution in [0.5, 0.6) is 17.2 Å². The number of methoxy groups -OCH3 is 2. The van der Waals surface area contributed by atoms with Gasteiger partial charge in [-0.1, -0.05) is 26.0 Å². The smallest absolute Gasteiger partial charge is 0.269 e. The fraction of sp³-hybridized carbons (Fsp3) is 0.321. The number of fused-ring (bicyclic) bond motifs is 1. The van der Waals surface area contributed by atoms with Crippen molar-refractivity contribution >= 4 is 11.6 Å². The SMILES string of the molecule is COc1cc2c(cc1OC)C(COc1ccc(C(C)C)cc1)N(C(=O)c1ccc([N+](=O)[O-])cc1)CC2. The molecule has 0 bridgehead atoms. The van der Waals surface area contributed by atoms with Crippen LogP contribution in [0, 0.1) is 10.1 Å². The molecule has 0 fully saturated rings. The Balaban J connectivity index is 1.66. The molecular formula is C28H30N2O6. The summed E-state index contributed by atoms with van der Waals surface area (Å²) in [6.07, 6.45) is 0.633. The summed E-state index contributed by atoms with van der Waals surface area (Å²) < 4.78 is 17.2. The molecular weight excluding hydrogens is 460 g/mol. The topological polar surface area (TPSA) is 91.1 Å². The molecule has 0 aliphatic carbocycles. The highest BCUT2D eigenvalue weighted by Gasteiger charge is 2.33. The predicted molar refractivity (Wildman–Crippen MR) is 136 cm³/mol. The Morgan fingerprint density at radius 1 is 1.03 bits per heavy atom. The van der Waals surface area contributed by atoms with Gasteiger partial charge in [0, 0.05) is 24.2 Å². The molecule has 0 saturated carbocycles. The minimum Gasteiger partial charge on any atom is -0.493 e. The first-order chi connectivity index (χ1) is 17.3. The average Bonchev–Trinajstić information content (AvgIpc) is 2.90. The van der Waals surface area contributed by atoms with Crippen LogP contribution in [0.1, 0.15) is 52.9 Å². The van der Waals surface area contributed by atoms with Crippen LogP contribution in [0.4, 0.5) is 5.69 Å². The van der Waals surface area contributed by atoms with E-state index in [0.29, 0.717) is 35.9 Å². The van der Waals surface area contributed by atoms with Gasteiger partial charge in [0.15, 0.2) is 11.5 Å². The molecule has 1 aliphatic rings. The number of hydrogen-bond acceptors (Lipinski definition) is 6. The molecule has 8 nitrogen and oxygen atoms in total. The van der Waals surface area contributed by atoms with Crippen LogP contribution >= 0.6 is 0 Å². The van der Waals surface area contributed by atoms with Crippen molar-refractivity contribution in [2.45, 2.75) is 32.2 Å². The first kappa shape index (κ1) is 25.0. The van der Waals surface area contributed by atoms with Crippen LogP contribution in [-0.2, 0) is 6.42 Å². The number of carbonyl (C=O) groups is 1.